The summed E-state index contributed by atoms with van der Waals surface area (Å²) >= 11 is -1.27. The van der Waals surface area contributed by atoms with Gasteiger partial charge < -0.3 is 4.74 Å². The van der Waals surface area contributed by atoms with Gasteiger partial charge in [-0.25, -0.2) is 13.7 Å². The van der Waals surface area contributed by atoms with E-state index in [1.807, 2.05) is 24.3 Å². The highest BCUT2D eigenvalue weighted by Crippen LogP contribution is 2.08. The average Bonchev–Trinajstić information content (AvgIpc) is 2.95. The molecule has 1 aromatic carbocycles. The molecule has 22 heavy (non-hydrogen) atoms. The van der Waals surface area contributed by atoms with Crippen molar-refractivity contribution in [2.75, 3.05) is 12.9 Å². The summed E-state index contributed by atoms with van der Waals surface area (Å²) in [4.78, 5) is 11.5. The molecule has 7 nitrogen and oxygen atoms in total. The number of nitrogens with zero attached hydrogens (tertiary/aromatic N) is 3. The van der Waals surface area contributed by atoms with E-state index in [2.05, 4.69) is 10.3 Å². The Morgan fingerprint density at radius 2 is 1.95 bits per heavy atom. The Bertz CT molecular complexity index is 654. The monoisotopic (exact) mass is 323 g/mol. The fourth-order valence-electron chi connectivity index (χ4n) is 1.75. The Morgan fingerprint density at radius 1 is 1.27 bits per heavy atom. The molecule has 0 aliphatic rings. The Hall–Kier alpha value is -2.06. The molecule has 0 aliphatic heterocycles. The summed E-state index contributed by atoms with van der Waals surface area (Å²) in [5.41, 5.74) is 2.13. The highest BCUT2D eigenvalue weighted by molar-refractivity contribution is 7.79. The minimum atomic E-state index is -1.27. The number of ether oxygens (including phenoxy) is 1. The summed E-state index contributed by atoms with van der Waals surface area (Å²) < 4.78 is 22.3. The van der Waals surface area contributed by atoms with Gasteiger partial charge in [-0.3, -0.25) is 4.18 Å². The summed E-state index contributed by atoms with van der Waals surface area (Å²) in [6.07, 6.45) is 3.04. The first-order valence-corrected chi connectivity index (χ1v) is 8.18. The molecule has 2 aromatic rings. The number of benzene rings is 1. The maximum atomic E-state index is 11.5. The number of aromatic nitrogens is 3. The van der Waals surface area contributed by atoms with Gasteiger partial charge in [0.2, 0.25) is 0 Å². The zero-order chi connectivity index (χ0) is 15.9. The molecule has 0 fully saturated rings. The second-order valence-corrected chi connectivity index (χ2v) is 5.54. The highest BCUT2D eigenvalue weighted by atomic mass is 32.2. The van der Waals surface area contributed by atoms with Crippen molar-refractivity contribution in [3.8, 4) is 0 Å². The number of carbonyl (C=O) groups is 1. The first-order chi connectivity index (χ1) is 10.6. The molecule has 0 spiro atoms. The number of hydrogen-bond donors (Lipinski definition) is 0. The third-order valence-corrected chi connectivity index (χ3v) is 3.23. The Labute approximate surface area is 130 Å². The van der Waals surface area contributed by atoms with E-state index >= 15 is 0 Å². The molecular formula is C14H17N3O4S. The van der Waals surface area contributed by atoms with Gasteiger partial charge in [-0.05, 0) is 18.1 Å². The third kappa shape index (κ3) is 4.74. The van der Waals surface area contributed by atoms with Gasteiger partial charge in [0, 0.05) is 6.26 Å². The lowest BCUT2D eigenvalue weighted by Crippen LogP contribution is -2.05. The van der Waals surface area contributed by atoms with E-state index in [1.54, 1.807) is 17.8 Å². The van der Waals surface area contributed by atoms with Gasteiger partial charge in [-0.15, -0.1) is 5.10 Å². The highest BCUT2D eigenvalue weighted by Gasteiger charge is 2.11. The van der Waals surface area contributed by atoms with Crippen LogP contribution in [-0.4, -0.2) is 38.0 Å². The molecule has 0 amide bonds. The van der Waals surface area contributed by atoms with Crippen molar-refractivity contribution in [1.82, 2.24) is 15.0 Å². The van der Waals surface area contributed by atoms with E-state index in [4.69, 9.17) is 8.92 Å². The molecule has 0 saturated heterocycles. The number of esters is 1. The fraction of sp³-hybridized carbons (Fsp3) is 0.357. The lowest BCUT2D eigenvalue weighted by atomic mass is 10.1. The van der Waals surface area contributed by atoms with E-state index in [0.29, 0.717) is 19.8 Å². The van der Waals surface area contributed by atoms with E-state index in [-0.39, 0.29) is 5.69 Å². The molecule has 0 radical (unpaired) electrons. The molecule has 118 valence electrons. The molecule has 2 rings (SSSR count). The van der Waals surface area contributed by atoms with Crippen molar-refractivity contribution >= 4 is 17.0 Å². The molecule has 8 heteroatoms. The van der Waals surface area contributed by atoms with Gasteiger partial charge >= 0.3 is 5.97 Å². The largest absolute Gasteiger partial charge is 0.461 e. The first kappa shape index (κ1) is 16.3. The molecule has 0 bridgehead atoms. The second kappa shape index (κ2) is 7.81. The Kier molecular flexibility index (Phi) is 5.79. The second-order valence-electron chi connectivity index (χ2n) is 4.50. The lowest BCUT2D eigenvalue weighted by Gasteiger charge is -2.04. The summed E-state index contributed by atoms with van der Waals surface area (Å²) in [7, 11) is 0. The van der Waals surface area contributed by atoms with Crippen molar-refractivity contribution in [1.29, 1.82) is 0 Å². The van der Waals surface area contributed by atoms with Crippen LogP contribution < -0.4 is 0 Å². The van der Waals surface area contributed by atoms with Crippen molar-refractivity contribution in [2.24, 2.45) is 0 Å². The van der Waals surface area contributed by atoms with Crippen LogP contribution in [0.1, 0.15) is 28.5 Å². The van der Waals surface area contributed by atoms with E-state index < -0.39 is 17.0 Å². The first-order valence-electron chi connectivity index (χ1n) is 6.70. The normalized spacial score (nSPS) is 12.1. The van der Waals surface area contributed by atoms with E-state index in [1.165, 1.54) is 6.26 Å². The van der Waals surface area contributed by atoms with Crippen LogP contribution in [0.5, 0.6) is 0 Å². The number of hydrogen-bond acceptors (Lipinski definition) is 6. The standard InChI is InChI=1S/C14H17N3O4S/c1-3-20-14(18)13-9-17(16-15-13)8-11-4-6-12(7-5-11)10-21-22(2)19/h4-7,9H,3,8,10H2,1-2H3. The molecule has 1 heterocycles. The SMILES string of the molecule is CCOC(=O)c1cn(Cc2ccc(COS(C)=O)cc2)nn1. The maximum absolute atomic E-state index is 11.5. The summed E-state index contributed by atoms with van der Waals surface area (Å²) in [6, 6.07) is 7.63. The Balaban J connectivity index is 1.96. The molecule has 0 saturated carbocycles. The van der Waals surface area contributed by atoms with Crippen molar-refractivity contribution < 1.29 is 17.9 Å². The van der Waals surface area contributed by atoms with Crippen LogP contribution >= 0.6 is 0 Å². The predicted octanol–water partition coefficient (Wildman–Crippen LogP) is 1.31. The predicted molar refractivity (Wildman–Crippen MR) is 80.4 cm³/mol. The minimum absolute atomic E-state index is 0.192. The molecule has 0 aliphatic carbocycles. The van der Waals surface area contributed by atoms with Gasteiger partial charge in [0.15, 0.2) is 16.8 Å². The van der Waals surface area contributed by atoms with Crippen molar-refractivity contribution in [3.05, 3.63) is 47.3 Å². The van der Waals surface area contributed by atoms with Crippen LogP contribution in [0.15, 0.2) is 30.5 Å². The van der Waals surface area contributed by atoms with E-state index in [9.17, 15) is 9.00 Å². The number of carbonyl (C=O) groups excluding carboxylic acids is 1. The van der Waals surface area contributed by atoms with Crippen LogP contribution in [0.25, 0.3) is 0 Å². The quantitative estimate of drug-likeness (QED) is 0.715. The van der Waals surface area contributed by atoms with Crippen LogP contribution in [0.2, 0.25) is 0 Å². The van der Waals surface area contributed by atoms with Gasteiger partial charge in [0.05, 0.1) is 26.0 Å². The van der Waals surface area contributed by atoms with Crippen LogP contribution in [0, 0.1) is 0 Å². The molecule has 1 aromatic heterocycles. The van der Waals surface area contributed by atoms with Crippen LogP contribution in [-0.2, 0) is 33.2 Å². The zero-order valence-corrected chi connectivity index (χ0v) is 13.2. The van der Waals surface area contributed by atoms with E-state index in [0.717, 1.165) is 11.1 Å². The Morgan fingerprint density at radius 3 is 2.59 bits per heavy atom. The zero-order valence-electron chi connectivity index (χ0n) is 12.4. The fourth-order valence-corrected chi connectivity index (χ4v) is 2.06. The smallest absolute Gasteiger partial charge is 0.360 e. The van der Waals surface area contributed by atoms with Crippen molar-refractivity contribution in [3.63, 3.8) is 0 Å². The number of rotatable bonds is 7. The van der Waals surface area contributed by atoms with Crippen molar-refractivity contribution in [2.45, 2.75) is 20.1 Å². The third-order valence-electron chi connectivity index (χ3n) is 2.78. The lowest BCUT2D eigenvalue weighted by molar-refractivity contribution is 0.0519. The molecule has 1 unspecified atom stereocenters. The maximum Gasteiger partial charge on any atom is 0.360 e. The van der Waals surface area contributed by atoms with Gasteiger partial charge in [0.25, 0.3) is 0 Å². The summed E-state index contributed by atoms with van der Waals surface area (Å²) in [5.74, 6) is -0.478. The van der Waals surface area contributed by atoms with Crippen LogP contribution in [0.4, 0.5) is 0 Å². The average molecular weight is 323 g/mol. The van der Waals surface area contributed by atoms with Crippen LogP contribution in [0.3, 0.4) is 0 Å². The minimum Gasteiger partial charge on any atom is -0.461 e. The molecular weight excluding hydrogens is 306 g/mol. The van der Waals surface area contributed by atoms with Gasteiger partial charge in [-0.1, -0.05) is 29.5 Å². The summed E-state index contributed by atoms with van der Waals surface area (Å²) in [5, 5.41) is 7.68. The molecule has 0 N–H and O–H groups in total. The summed E-state index contributed by atoms with van der Waals surface area (Å²) in [6.45, 7) is 2.84. The van der Waals surface area contributed by atoms with Gasteiger partial charge in [-0.2, -0.15) is 0 Å². The topological polar surface area (TPSA) is 83.3 Å². The molecule has 1 atom stereocenters. The van der Waals surface area contributed by atoms with Gasteiger partial charge in [0.1, 0.15) is 0 Å².